The number of hydrogen-bond acceptors (Lipinski definition) is 5. The molecule has 0 aromatic carbocycles. The van der Waals surface area contributed by atoms with Crippen LogP contribution in [0.1, 0.15) is 25.1 Å². The molecule has 0 amide bonds. The Morgan fingerprint density at radius 2 is 1.96 bits per heavy atom. The van der Waals surface area contributed by atoms with E-state index in [1.807, 2.05) is 39.1 Å². The quantitative estimate of drug-likeness (QED) is 0.795. The average molecular weight is 328 g/mol. The predicted molar refractivity (Wildman–Crippen MR) is 96.4 cm³/mol. The van der Waals surface area contributed by atoms with Crippen molar-refractivity contribution < 1.29 is 0 Å². The third-order valence-corrected chi connectivity index (χ3v) is 4.79. The standard InChI is InChI=1S/C17H20N4OS/c1-5-18-17-19-11(4)12-7-13(14-9-23-8-10(14)3)16(22)21(6-2)15(12)20-17/h7-9H,5-6H2,1-4H3,(H,18,19,20). The van der Waals surface area contributed by atoms with E-state index < -0.39 is 0 Å². The molecule has 0 unspecified atom stereocenters. The van der Waals surface area contributed by atoms with E-state index in [4.69, 9.17) is 0 Å². The summed E-state index contributed by atoms with van der Waals surface area (Å²) in [7, 11) is 0. The van der Waals surface area contributed by atoms with Crippen LogP contribution in [0.5, 0.6) is 0 Å². The van der Waals surface area contributed by atoms with E-state index in [2.05, 4.69) is 20.7 Å². The van der Waals surface area contributed by atoms with Gasteiger partial charge in [0, 0.05) is 29.6 Å². The molecule has 3 aromatic rings. The number of thiophene rings is 1. The number of rotatable bonds is 4. The topological polar surface area (TPSA) is 59.8 Å². The molecule has 23 heavy (non-hydrogen) atoms. The van der Waals surface area contributed by atoms with Crippen LogP contribution in [0.4, 0.5) is 5.95 Å². The van der Waals surface area contributed by atoms with Gasteiger partial charge in [-0.2, -0.15) is 16.3 Å². The van der Waals surface area contributed by atoms with Crippen LogP contribution in [0.3, 0.4) is 0 Å². The Bertz CT molecular complexity index is 926. The maximum Gasteiger partial charge on any atom is 0.260 e. The molecule has 0 aliphatic heterocycles. The summed E-state index contributed by atoms with van der Waals surface area (Å²) < 4.78 is 1.73. The number of aryl methyl sites for hydroxylation is 3. The zero-order valence-electron chi connectivity index (χ0n) is 13.8. The van der Waals surface area contributed by atoms with Crippen LogP contribution in [0.2, 0.25) is 0 Å². The molecule has 5 nitrogen and oxygen atoms in total. The second-order valence-corrected chi connectivity index (χ2v) is 6.22. The minimum absolute atomic E-state index is 0.00190. The van der Waals surface area contributed by atoms with Crippen LogP contribution in [-0.4, -0.2) is 21.1 Å². The lowest BCUT2D eigenvalue weighted by molar-refractivity contribution is 0.749. The Kier molecular flexibility index (Phi) is 4.17. The van der Waals surface area contributed by atoms with Gasteiger partial charge in [-0.3, -0.25) is 9.36 Å². The highest BCUT2D eigenvalue weighted by Crippen LogP contribution is 2.27. The second-order valence-electron chi connectivity index (χ2n) is 5.48. The summed E-state index contributed by atoms with van der Waals surface area (Å²) in [5.41, 5.74) is 4.42. The van der Waals surface area contributed by atoms with Gasteiger partial charge in [-0.05, 0) is 50.1 Å². The van der Waals surface area contributed by atoms with Crippen molar-refractivity contribution in [2.45, 2.75) is 34.2 Å². The van der Waals surface area contributed by atoms with Crippen LogP contribution in [-0.2, 0) is 6.54 Å². The van der Waals surface area contributed by atoms with E-state index in [-0.39, 0.29) is 5.56 Å². The highest BCUT2D eigenvalue weighted by Gasteiger charge is 2.16. The normalized spacial score (nSPS) is 11.1. The Morgan fingerprint density at radius 3 is 2.57 bits per heavy atom. The van der Waals surface area contributed by atoms with Gasteiger partial charge in [0.25, 0.3) is 5.56 Å². The lowest BCUT2D eigenvalue weighted by atomic mass is 10.1. The van der Waals surface area contributed by atoms with Crippen LogP contribution in [0.15, 0.2) is 21.6 Å². The minimum Gasteiger partial charge on any atom is -0.354 e. The SMILES string of the molecule is CCNc1nc(C)c2cc(-c3cscc3C)c(=O)n(CC)c2n1. The molecule has 0 radical (unpaired) electrons. The van der Waals surface area contributed by atoms with Gasteiger partial charge in [0.05, 0.1) is 5.69 Å². The maximum atomic E-state index is 12.9. The molecular formula is C17H20N4OS. The van der Waals surface area contributed by atoms with Crippen molar-refractivity contribution in [3.63, 3.8) is 0 Å². The number of nitrogens with zero attached hydrogens (tertiary/aromatic N) is 3. The van der Waals surface area contributed by atoms with Crippen LogP contribution in [0.25, 0.3) is 22.2 Å². The van der Waals surface area contributed by atoms with Gasteiger partial charge in [-0.15, -0.1) is 0 Å². The molecule has 0 bridgehead atoms. The maximum absolute atomic E-state index is 12.9. The summed E-state index contributed by atoms with van der Waals surface area (Å²) in [6.45, 7) is 9.28. The fourth-order valence-electron chi connectivity index (χ4n) is 2.75. The van der Waals surface area contributed by atoms with Gasteiger partial charge in [0.1, 0.15) is 5.65 Å². The van der Waals surface area contributed by atoms with Crippen molar-refractivity contribution in [2.24, 2.45) is 0 Å². The first-order valence-corrected chi connectivity index (χ1v) is 8.70. The lowest BCUT2D eigenvalue weighted by Gasteiger charge is -2.13. The van der Waals surface area contributed by atoms with Crippen molar-refractivity contribution in [1.82, 2.24) is 14.5 Å². The molecule has 3 aromatic heterocycles. The first kappa shape index (κ1) is 15.7. The molecule has 0 saturated carbocycles. The average Bonchev–Trinajstić information content (AvgIpc) is 2.93. The molecule has 0 aliphatic carbocycles. The van der Waals surface area contributed by atoms with Crippen molar-refractivity contribution in [3.05, 3.63) is 38.4 Å². The van der Waals surface area contributed by atoms with Crippen molar-refractivity contribution in [3.8, 4) is 11.1 Å². The van der Waals surface area contributed by atoms with Gasteiger partial charge in [-0.1, -0.05) is 0 Å². The van der Waals surface area contributed by atoms with Gasteiger partial charge in [0.2, 0.25) is 5.95 Å². The van der Waals surface area contributed by atoms with Crippen molar-refractivity contribution in [1.29, 1.82) is 0 Å². The Morgan fingerprint density at radius 1 is 1.17 bits per heavy atom. The molecule has 3 heterocycles. The van der Waals surface area contributed by atoms with Gasteiger partial charge in [0.15, 0.2) is 0 Å². The molecule has 0 spiro atoms. The molecule has 0 aliphatic rings. The van der Waals surface area contributed by atoms with E-state index in [0.717, 1.165) is 34.3 Å². The summed E-state index contributed by atoms with van der Waals surface area (Å²) in [4.78, 5) is 22.0. The number of anilines is 1. The Balaban J connectivity index is 2.37. The molecular weight excluding hydrogens is 308 g/mol. The number of hydrogen-bond donors (Lipinski definition) is 1. The summed E-state index contributed by atoms with van der Waals surface area (Å²) in [6.07, 6.45) is 0. The molecule has 1 N–H and O–H groups in total. The monoisotopic (exact) mass is 328 g/mol. The van der Waals surface area contributed by atoms with E-state index in [9.17, 15) is 4.79 Å². The van der Waals surface area contributed by atoms with E-state index in [1.165, 1.54) is 0 Å². The van der Waals surface area contributed by atoms with Gasteiger partial charge < -0.3 is 5.32 Å². The largest absolute Gasteiger partial charge is 0.354 e. The third-order valence-electron chi connectivity index (χ3n) is 3.93. The van der Waals surface area contributed by atoms with Crippen LogP contribution in [0, 0.1) is 13.8 Å². The van der Waals surface area contributed by atoms with Gasteiger partial charge in [-0.25, -0.2) is 4.98 Å². The predicted octanol–water partition coefficient (Wildman–Crippen LogP) is 3.59. The number of fused-ring (bicyclic) bond motifs is 1. The third kappa shape index (κ3) is 2.63. The molecule has 0 saturated heterocycles. The number of aromatic nitrogens is 3. The lowest BCUT2D eigenvalue weighted by Crippen LogP contribution is -2.23. The molecule has 120 valence electrons. The zero-order chi connectivity index (χ0) is 16.6. The number of pyridine rings is 1. The first-order chi connectivity index (χ1) is 11.1. The molecule has 3 rings (SSSR count). The second kappa shape index (κ2) is 6.12. The fraction of sp³-hybridized carbons (Fsp3) is 0.353. The highest BCUT2D eigenvalue weighted by molar-refractivity contribution is 7.08. The summed E-state index contributed by atoms with van der Waals surface area (Å²) >= 11 is 1.61. The number of nitrogens with one attached hydrogen (secondary N) is 1. The minimum atomic E-state index is 0.00190. The first-order valence-electron chi connectivity index (χ1n) is 7.76. The summed E-state index contributed by atoms with van der Waals surface area (Å²) in [5, 5.41) is 8.14. The summed E-state index contributed by atoms with van der Waals surface area (Å²) in [6, 6.07) is 1.93. The zero-order valence-corrected chi connectivity index (χ0v) is 14.6. The van der Waals surface area contributed by atoms with Crippen LogP contribution < -0.4 is 10.9 Å². The van der Waals surface area contributed by atoms with Crippen molar-refractivity contribution in [2.75, 3.05) is 11.9 Å². The summed E-state index contributed by atoms with van der Waals surface area (Å²) in [5.74, 6) is 0.568. The van der Waals surface area contributed by atoms with Gasteiger partial charge >= 0.3 is 0 Å². The highest BCUT2D eigenvalue weighted by atomic mass is 32.1. The molecule has 0 atom stereocenters. The smallest absolute Gasteiger partial charge is 0.260 e. The fourth-order valence-corrected chi connectivity index (χ4v) is 3.60. The molecule has 6 heteroatoms. The van der Waals surface area contributed by atoms with E-state index >= 15 is 0 Å². The van der Waals surface area contributed by atoms with Crippen molar-refractivity contribution >= 4 is 28.3 Å². The Hall–Kier alpha value is -2.21. The van der Waals surface area contributed by atoms with Crippen LogP contribution >= 0.6 is 11.3 Å². The Labute approximate surface area is 139 Å². The molecule has 0 fully saturated rings. The van der Waals surface area contributed by atoms with E-state index in [1.54, 1.807) is 15.9 Å². The van der Waals surface area contributed by atoms with E-state index in [0.29, 0.717) is 18.1 Å².